The summed E-state index contributed by atoms with van der Waals surface area (Å²) < 4.78 is 52.4. The van der Waals surface area contributed by atoms with Crippen LogP contribution in [0.5, 0.6) is 5.75 Å². The van der Waals surface area contributed by atoms with E-state index in [1.807, 2.05) is 6.92 Å². The van der Waals surface area contributed by atoms with Crippen molar-refractivity contribution in [3.8, 4) is 28.3 Å². The van der Waals surface area contributed by atoms with Gasteiger partial charge in [-0.1, -0.05) is 22.8 Å². The number of aromatic amines is 1. The smallest absolute Gasteiger partial charge is 0.417 e. The zero-order valence-electron chi connectivity index (χ0n) is 17.0. The molecule has 0 aliphatic heterocycles. The van der Waals surface area contributed by atoms with E-state index in [0.717, 1.165) is 11.8 Å². The van der Waals surface area contributed by atoms with Crippen LogP contribution < -0.4 is 4.74 Å². The van der Waals surface area contributed by atoms with E-state index in [9.17, 15) is 18.0 Å². The molecule has 4 aromatic rings. The molecular formula is C23H16ClF3N2O4. The maximum atomic E-state index is 13.7. The van der Waals surface area contributed by atoms with Crippen molar-refractivity contribution in [3.05, 3.63) is 82.1 Å². The van der Waals surface area contributed by atoms with Gasteiger partial charge >= 0.3 is 12.1 Å². The fraction of sp³-hybridized carbons (Fsp3) is 0.130. The number of nitrogens with one attached hydrogen (secondary N) is 1. The van der Waals surface area contributed by atoms with Crippen LogP contribution in [-0.2, 0) is 12.8 Å². The van der Waals surface area contributed by atoms with Crippen LogP contribution in [0, 0.1) is 6.92 Å². The molecule has 0 radical (unpaired) electrons. The fourth-order valence-corrected chi connectivity index (χ4v) is 3.62. The van der Waals surface area contributed by atoms with Gasteiger partial charge in [0.05, 0.1) is 21.7 Å². The number of hydrogen-bond donors (Lipinski definition) is 2. The van der Waals surface area contributed by atoms with E-state index in [1.165, 1.54) is 36.4 Å². The molecule has 6 nitrogen and oxygen atoms in total. The molecular weight excluding hydrogens is 461 g/mol. The number of rotatable bonds is 6. The van der Waals surface area contributed by atoms with E-state index < -0.39 is 17.7 Å². The number of aryl methyl sites for hydroxylation is 1. The third-order valence-corrected chi connectivity index (χ3v) is 5.23. The summed E-state index contributed by atoms with van der Waals surface area (Å²) in [5.41, 5.74) is 0.363. The van der Waals surface area contributed by atoms with E-state index >= 15 is 0 Å². The molecule has 4 rings (SSSR count). The Bertz CT molecular complexity index is 1310. The molecule has 0 amide bonds. The highest BCUT2D eigenvalue weighted by Gasteiger charge is 2.37. The van der Waals surface area contributed by atoms with Gasteiger partial charge in [-0.15, -0.1) is 0 Å². The maximum Gasteiger partial charge on any atom is 0.417 e. The van der Waals surface area contributed by atoms with E-state index in [2.05, 4.69) is 10.1 Å². The molecule has 2 aromatic carbocycles. The number of nitrogens with zero attached hydrogens (tertiary/aromatic N) is 1. The average molecular weight is 477 g/mol. The largest absolute Gasteiger partial charge is 0.489 e. The lowest BCUT2D eigenvalue weighted by Gasteiger charge is -2.14. The Morgan fingerprint density at radius 3 is 2.55 bits per heavy atom. The Hall–Kier alpha value is -3.72. The SMILES string of the molecule is Cc1cc(-c2onc(-c3c(Cl)cccc3C(F)(F)F)c2COc2ccc(C(=O)O)cc2)c[nH]1. The van der Waals surface area contributed by atoms with Crippen LogP contribution in [0.2, 0.25) is 5.02 Å². The van der Waals surface area contributed by atoms with Gasteiger partial charge in [-0.2, -0.15) is 13.2 Å². The Kier molecular flexibility index (Phi) is 5.90. The van der Waals surface area contributed by atoms with Crippen LogP contribution in [-0.4, -0.2) is 21.2 Å². The predicted molar refractivity (Wildman–Crippen MR) is 114 cm³/mol. The monoisotopic (exact) mass is 476 g/mol. The molecule has 0 bridgehead atoms. The van der Waals surface area contributed by atoms with Crippen molar-refractivity contribution >= 4 is 17.6 Å². The first kappa shape index (κ1) is 22.5. The normalized spacial score (nSPS) is 11.5. The zero-order valence-corrected chi connectivity index (χ0v) is 17.8. The van der Waals surface area contributed by atoms with Crippen molar-refractivity contribution in [3.63, 3.8) is 0 Å². The average Bonchev–Trinajstić information content (AvgIpc) is 3.37. The Labute approximate surface area is 190 Å². The molecule has 0 atom stereocenters. The molecule has 2 heterocycles. The summed E-state index contributed by atoms with van der Waals surface area (Å²) in [6, 6.07) is 10.9. The topological polar surface area (TPSA) is 88.3 Å². The number of carboxylic acids is 1. The van der Waals surface area contributed by atoms with Crippen molar-refractivity contribution in [2.24, 2.45) is 0 Å². The highest BCUT2D eigenvalue weighted by Crippen LogP contribution is 2.43. The minimum absolute atomic E-state index is 0.0717. The summed E-state index contributed by atoms with van der Waals surface area (Å²) in [4.78, 5) is 14.0. The summed E-state index contributed by atoms with van der Waals surface area (Å²) >= 11 is 6.18. The lowest BCUT2D eigenvalue weighted by atomic mass is 9.99. The van der Waals surface area contributed by atoms with E-state index in [4.69, 9.17) is 26.0 Å². The summed E-state index contributed by atoms with van der Waals surface area (Å²) in [5, 5.41) is 12.8. The Morgan fingerprint density at radius 2 is 1.94 bits per heavy atom. The second kappa shape index (κ2) is 8.67. The van der Waals surface area contributed by atoms with Crippen molar-refractivity contribution in [1.82, 2.24) is 10.1 Å². The second-order valence-electron chi connectivity index (χ2n) is 7.19. The molecule has 0 saturated heterocycles. The number of aromatic nitrogens is 2. The van der Waals surface area contributed by atoms with Crippen LogP contribution >= 0.6 is 11.6 Å². The third-order valence-electron chi connectivity index (χ3n) is 4.92. The number of aromatic carboxylic acids is 1. The first-order chi connectivity index (χ1) is 15.6. The molecule has 0 aliphatic rings. The Balaban J connectivity index is 1.80. The molecule has 0 aliphatic carbocycles. The maximum absolute atomic E-state index is 13.7. The number of benzene rings is 2. The van der Waals surface area contributed by atoms with Gasteiger partial charge < -0.3 is 19.4 Å². The molecule has 0 unspecified atom stereocenters. The first-order valence-corrected chi connectivity index (χ1v) is 9.99. The van der Waals surface area contributed by atoms with Crippen LogP contribution in [0.15, 0.2) is 59.3 Å². The lowest BCUT2D eigenvalue weighted by molar-refractivity contribution is -0.137. The van der Waals surface area contributed by atoms with E-state index in [1.54, 1.807) is 12.3 Å². The van der Waals surface area contributed by atoms with Gasteiger partial charge in [0.25, 0.3) is 0 Å². The molecule has 2 aromatic heterocycles. The summed E-state index contributed by atoms with van der Waals surface area (Å²) in [6.07, 6.45) is -3.03. The second-order valence-corrected chi connectivity index (χ2v) is 7.60. The van der Waals surface area contributed by atoms with Crippen LogP contribution in [0.4, 0.5) is 13.2 Å². The van der Waals surface area contributed by atoms with Crippen molar-refractivity contribution in [1.29, 1.82) is 0 Å². The van der Waals surface area contributed by atoms with Gasteiger partial charge in [-0.3, -0.25) is 0 Å². The van der Waals surface area contributed by atoms with Crippen molar-refractivity contribution in [2.45, 2.75) is 19.7 Å². The van der Waals surface area contributed by atoms with Gasteiger partial charge in [0, 0.05) is 23.0 Å². The molecule has 0 saturated carbocycles. The predicted octanol–water partition coefficient (Wildman–Crippen LogP) is 6.59. The molecule has 33 heavy (non-hydrogen) atoms. The van der Waals surface area contributed by atoms with Crippen LogP contribution in [0.3, 0.4) is 0 Å². The Morgan fingerprint density at radius 1 is 1.21 bits per heavy atom. The fourth-order valence-electron chi connectivity index (χ4n) is 3.36. The highest BCUT2D eigenvalue weighted by atomic mass is 35.5. The molecule has 0 spiro atoms. The number of hydrogen-bond acceptors (Lipinski definition) is 4. The van der Waals surface area contributed by atoms with Crippen LogP contribution in [0.25, 0.3) is 22.6 Å². The first-order valence-electron chi connectivity index (χ1n) is 9.61. The lowest BCUT2D eigenvalue weighted by Crippen LogP contribution is -2.08. The minimum atomic E-state index is -4.67. The van der Waals surface area contributed by atoms with E-state index in [0.29, 0.717) is 11.3 Å². The van der Waals surface area contributed by atoms with Gasteiger partial charge in [0.1, 0.15) is 18.1 Å². The molecule has 2 N–H and O–H groups in total. The van der Waals surface area contributed by atoms with Gasteiger partial charge in [0.2, 0.25) is 0 Å². The van der Waals surface area contributed by atoms with Crippen LogP contribution in [0.1, 0.15) is 27.2 Å². The molecule has 170 valence electrons. The summed E-state index contributed by atoms with van der Waals surface area (Å²) in [6.45, 7) is 1.62. The number of halogens is 4. The van der Waals surface area contributed by atoms with Gasteiger partial charge in [-0.05, 0) is 49.4 Å². The van der Waals surface area contributed by atoms with Gasteiger partial charge in [-0.25, -0.2) is 4.79 Å². The van der Waals surface area contributed by atoms with Crippen molar-refractivity contribution < 1.29 is 32.3 Å². The number of H-pyrrole nitrogens is 1. The zero-order chi connectivity index (χ0) is 23.8. The quantitative estimate of drug-likeness (QED) is 0.327. The minimum Gasteiger partial charge on any atom is -0.489 e. The third kappa shape index (κ3) is 4.58. The summed E-state index contributed by atoms with van der Waals surface area (Å²) in [7, 11) is 0. The standard InChI is InChI=1S/C23H16ClF3N2O4/c1-12-9-14(10-28-12)21-16(11-32-15-7-5-13(6-8-15)22(30)31)20(29-33-21)19-17(23(25,26)27)3-2-4-18(19)24/h2-10,28H,11H2,1H3,(H,30,31). The van der Waals surface area contributed by atoms with E-state index in [-0.39, 0.29) is 39.8 Å². The highest BCUT2D eigenvalue weighted by molar-refractivity contribution is 6.33. The van der Waals surface area contributed by atoms with Crippen molar-refractivity contribution in [2.75, 3.05) is 0 Å². The number of alkyl halides is 3. The number of carbonyl (C=O) groups is 1. The van der Waals surface area contributed by atoms with Gasteiger partial charge in [0.15, 0.2) is 5.76 Å². The summed E-state index contributed by atoms with van der Waals surface area (Å²) in [5.74, 6) is -0.547. The number of ether oxygens (including phenoxy) is 1. The molecule has 10 heteroatoms. The molecule has 0 fully saturated rings. The number of carboxylic acid groups (broad SMARTS) is 1.